The van der Waals surface area contributed by atoms with Crippen LogP contribution < -0.4 is 0 Å². The number of halogens is 2. The third-order valence-corrected chi connectivity index (χ3v) is 6.59. The maximum Gasteiger partial charge on any atom is 0.251 e. The van der Waals surface area contributed by atoms with Crippen LogP contribution in [0.25, 0.3) is 33.4 Å². The number of piperidine rings is 1. The fourth-order valence-electron chi connectivity index (χ4n) is 4.19. The first kappa shape index (κ1) is 21.6. The SMILES string of the molecule is CCc1cc2cc(-c3ccc(C(=S)N4CCC(F)(F)CC4)cn3)cc(-c3ccncc3)c2o1. The first-order valence-corrected chi connectivity index (χ1v) is 11.4. The van der Waals surface area contributed by atoms with E-state index in [4.69, 9.17) is 16.6 Å². The zero-order valence-electron chi connectivity index (χ0n) is 18.2. The molecular formula is C26H23F2N3OS. The van der Waals surface area contributed by atoms with E-state index >= 15 is 0 Å². The fraction of sp³-hybridized carbons (Fsp3) is 0.269. The molecule has 4 nitrogen and oxygen atoms in total. The standard InChI is InChI=1S/C26H23F2N3OS/c1-2-21-14-20-13-19(15-22(24(20)32-21)17-5-9-29-10-6-17)23-4-3-18(16-30-23)25(33)31-11-7-26(27,28)8-12-31/h3-6,9-10,13-16H,2,7-8,11-12H2,1H3. The van der Waals surface area contributed by atoms with Gasteiger partial charge in [0, 0.05) is 73.0 Å². The molecule has 33 heavy (non-hydrogen) atoms. The van der Waals surface area contributed by atoms with Crippen molar-refractivity contribution in [2.24, 2.45) is 0 Å². The van der Waals surface area contributed by atoms with Gasteiger partial charge < -0.3 is 9.32 Å². The van der Waals surface area contributed by atoms with E-state index in [1.54, 1.807) is 18.6 Å². The van der Waals surface area contributed by atoms with Gasteiger partial charge in [0.1, 0.15) is 16.3 Å². The van der Waals surface area contributed by atoms with Crippen molar-refractivity contribution in [3.05, 3.63) is 72.4 Å². The third kappa shape index (κ3) is 4.37. The summed E-state index contributed by atoms with van der Waals surface area (Å²) in [6, 6.07) is 14.0. The molecule has 3 aromatic heterocycles. The van der Waals surface area contributed by atoms with Crippen LogP contribution in [0.2, 0.25) is 0 Å². The van der Waals surface area contributed by atoms with E-state index in [9.17, 15) is 8.78 Å². The molecule has 1 fully saturated rings. The van der Waals surface area contributed by atoms with Crippen LogP contribution >= 0.6 is 12.2 Å². The number of likely N-dealkylation sites (tertiary alicyclic amines) is 1. The lowest BCUT2D eigenvalue weighted by Gasteiger charge is -2.33. The monoisotopic (exact) mass is 463 g/mol. The van der Waals surface area contributed by atoms with E-state index in [-0.39, 0.29) is 25.9 Å². The molecule has 0 aliphatic carbocycles. The lowest BCUT2D eigenvalue weighted by Crippen LogP contribution is -2.42. The molecular weight excluding hydrogens is 440 g/mol. The summed E-state index contributed by atoms with van der Waals surface area (Å²) in [4.78, 5) is 11.2. The molecule has 1 aliphatic rings. The highest BCUT2D eigenvalue weighted by Crippen LogP contribution is 2.35. The number of furan rings is 1. The Labute approximate surface area is 196 Å². The van der Waals surface area contributed by atoms with Gasteiger partial charge in [-0.3, -0.25) is 9.97 Å². The molecule has 1 aromatic carbocycles. The van der Waals surface area contributed by atoms with Gasteiger partial charge in [-0.15, -0.1) is 0 Å². The summed E-state index contributed by atoms with van der Waals surface area (Å²) in [7, 11) is 0. The van der Waals surface area contributed by atoms with E-state index in [2.05, 4.69) is 35.1 Å². The van der Waals surface area contributed by atoms with E-state index in [1.807, 2.05) is 29.2 Å². The van der Waals surface area contributed by atoms with E-state index in [0.717, 1.165) is 51.1 Å². The van der Waals surface area contributed by atoms with Crippen molar-refractivity contribution in [3.8, 4) is 22.4 Å². The van der Waals surface area contributed by atoms with E-state index in [1.165, 1.54) is 0 Å². The number of aromatic nitrogens is 2. The molecule has 168 valence electrons. The number of aryl methyl sites for hydroxylation is 1. The largest absolute Gasteiger partial charge is 0.460 e. The molecule has 0 radical (unpaired) electrons. The molecule has 1 saturated heterocycles. The highest BCUT2D eigenvalue weighted by Gasteiger charge is 2.34. The summed E-state index contributed by atoms with van der Waals surface area (Å²) in [6.45, 7) is 2.59. The summed E-state index contributed by atoms with van der Waals surface area (Å²) < 4.78 is 33.1. The van der Waals surface area contributed by atoms with Gasteiger partial charge in [0.25, 0.3) is 5.92 Å². The van der Waals surface area contributed by atoms with Gasteiger partial charge in [-0.2, -0.15) is 0 Å². The Morgan fingerprint density at radius 3 is 2.48 bits per heavy atom. The summed E-state index contributed by atoms with van der Waals surface area (Å²) in [5.74, 6) is -1.66. The molecule has 0 saturated carbocycles. The molecule has 4 heterocycles. The maximum absolute atomic E-state index is 13.5. The van der Waals surface area contributed by atoms with Crippen LogP contribution in [0.3, 0.4) is 0 Å². The molecule has 0 amide bonds. The topological polar surface area (TPSA) is 42.2 Å². The maximum atomic E-state index is 13.5. The second-order valence-electron chi connectivity index (χ2n) is 8.32. The van der Waals surface area contributed by atoms with Crippen molar-refractivity contribution in [2.75, 3.05) is 13.1 Å². The van der Waals surface area contributed by atoms with Gasteiger partial charge in [0.15, 0.2) is 0 Å². The number of alkyl halides is 2. The molecule has 5 rings (SSSR count). The van der Waals surface area contributed by atoms with Crippen molar-refractivity contribution in [1.82, 2.24) is 14.9 Å². The minimum atomic E-state index is -2.59. The van der Waals surface area contributed by atoms with Crippen LogP contribution in [0.5, 0.6) is 0 Å². The zero-order valence-corrected chi connectivity index (χ0v) is 19.0. The summed E-state index contributed by atoms with van der Waals surface area (Å²) in [6.07, 6.45) is 5.74. The van der Waals surface area contributed by atoms with Crippen LogP contribution in [-0.4, -0.2) is 38.9 Å². The van der Waals surface area contributed by atoms with Crippen LogP contribution in [0.15, 0.2) is 65.5 Å². The van der Waals surface area contributed by atoms with E-state index < -0.39 is 5.92 Å². The molecule has 0 atom stereocenters. The average molecular weight is 464 g/mol. The van der Waals surface area contributed by atoms with Gasteiger partial charge in [0.2, 0.25) is 0 Å². The predicted molar refractivity (Wildman–Crippen MR) is 130 cm³/mol. The second-order valence-corrected chi connectivity index (χ2v) is 8.71. The van der Waals surface area contributed by atoms with Crippen LogP contribution in [0.1, 0.15) is 31.1 Å². The number of rotatable bonds is 4. The van der Waals surface area contributed by atoms with Crippen molar-refractivity contribution in [3.63, 3.8) is 0 Å². The molecule has 0 N–H and O–H groups in total. The Bertz CT molecular complexity index is 1290. The first-order chi connectivity index (χ1) is 15.9. The van der Waals surface area contributed by atoms with Crippen molar-refractivity contribution >= 4 is 28.2 Å². The average Bonchev–Trinajstić information content (AvgIpc) is 3.27. The zero-order chi connectivity index (χ0) is 23.0. The highest BCUT2D eigenvalue weighted by atomic mass is 32.1. The molecule has 4 aromatic rings. The Balaban J connectivity index is 1.47. The van der Waals surface area contributed by atoms with Crippen molar-refractivity contribution < 1.29 is 13.2 Å². The number of benzene rings is 1. The summed E-state index contributed by atoms with van der Waals surface area (Å²) in [5, 5.41) is 1.02. The number of thiocarbonyl (C=S) groups is 1. The van der Waals surface area contributed by atoms with Gasteiger partial charge in [0.05, 0.1) is 5.69 Å². The Kier molecular flexibility index (Phi) is 5.66. The Morgan fingerprint density at radius 2 is 1.82 bits per heavy atom. The number of hydrogen-bond acceptors (Lipinski definition) is 4. The van der Waals surface area contributed by atoms with Crippen LogP contribution in [-0.2, 0) is 6.42 Å². The van der Waals surface area contributed by atoms with Crippen LogP contribution in [0.4, 0.5) is 8.78 Å². The number of nitrogens with zero attached hydrogens (tertiary/aromatic N) is 3. The molecule has 0 spiro atoms. The van der Waals surface area contributed by atoms with E-state index in [0.29, 0.717) is 4.99 Å². The smallest absolute Gasteiger partial charge is 0.251 e. The van der Waals surface area contributed by atoms with Gasteiger partial charge in [-0.25, -0.2) is 8.78 Å². The second kappa shape index (κ2) is 8.63. The predicted octanol–water partition coefficient (Wildman–Crippen LogP) is 6.53. The lowest BCUT2D eigenvalue weighted by atomic mass is 9.99. The number of hydrogen-bond donors (Lipinski definition) is 0. The Morgan fingerprint density at radius 1 is 1.06 bits per heavy atom. The number of fused-ring (bicyclic) bond motifs is 1. The fourth-order valence-corrected chi connectivity index (χ4v) is 4.49. The molecule has 0 bridgehead atoms. The normalized spacial score (nSPS) is 15.7. The number of pyridine rings is 2. The highest BCUT2D eigenvalue weighted by molar-refractivity contribution is 7.80. The first-order valence-electron chi connectivity index (χ1n) is 11.0. The van der Waals surface area contributed by atoms with Gasteiger partial charge in [-0.05, 0) is 48.0 Å². The molecule has 7 heteroatoms. The lowest BCUT2D eigenvalue weighted by molar-refractivity contribution is -0.0430. The molecule has 0 unspecified atom stereocenters. The summed E-state index contributed by atoms with van der Waals surface area (Å²) in [5.41, 5.74) is 5.40. The molecule has 1 aliphatic heterocycles. The Hall–Kier alpha value is -3.19. The van der Waals surface area contributed by atoms with Gasteiger partial charge >= 0.3 is 0 Å². The minimum Gasteiger partial charge on any atom is -0.460 e. The minimum absolute atomic E-state index is 0.166. The van der Waals surface area contributed by atoms with Gasteiger partial charge in [-0.1, -0.05) is 19.1 Å². The summed E-state index contributed by atoms with van der Waals surface area (Å²) >= 11 is 5.56. The quantitative estimate of drug-likeness (QED) is 0.322. The third-order valence-electron chi connectivity index (χ3n) is 6.10. The van der Waals surface area contributed by atoms with Crippen LogP contribution in [0, 0.1) is 0 Å². The van der Waals surface area contributed by atoms with Crippen molar-refractivity contribution in [1.29, 1.82) is 0 Å². The van der Waals surface area contributed by atoms with Crippen molar-refractivity contribution in [2.45, 2.75) is 32.1 Å².